The van der Waals surface area contributed by atoms with Crippen LogP contribution in [0.5, 0.6) is 5.75 Å². The highest BCUT2D eigenvalue weighted by atomic mass is 16.9. The number of hydrogen-bond acceptors (Lipinski definition) is 5. The van der Waals surface area contributed by atoms with E-state index in [1.54, 1.807) is 28.4 Å². The molecule has 0 fully saturated rings. The second-order valence-corrected chi connectivity index (χ2v) is 5.15. The number of ether oxygens (including phenoxy) is 5. The van der Waals surface area contributed by atoms with Gasteiger partial charge in [-0.25, -0.2) is 0 Å². The second kappa shape index (κ2) is 11.9. The Morgan fingerprint density at radius 3 is 2.08 bits per heavy atom. The highest BCUT2D eigenvalue weighted by molar-refractivity contribution is 5.26. The first-order valence-electron chi connectivity index (χ1n) is 8.01. The lowest BCUT2D eigenvalue weighted by Crippen LogP contribution is -2.35. The Balaban J connectivity index is 2.12. The van der Waals surface area contributed by atoms with Gasteiger partial charge in [0.2, 0.25) is 0 Å². The van der Waals surface area contributed by atoms with Crippen LogP contribution in [0.2, 0.25) is 0 Å². The van der Waals surface area contributed by atoms with Crippen molar-refractivity contribution < 1.29 is 23.7 Å². The van der Waals surface area contributed by atoms with E-state index in [-0.39, 0.29) is 0 Å². The van der Waals surface area contributed by atoms with Crippen LogP contribution in [0.25, 0.3) is 0 Å². The number of unbranched alkanes of at least 4 members (excludes halogenated alkanes) is 1. The molecular weight excluding hydrogens is 308 g/mol. The van der Waals surface area contributed by atoms with E-state index in [0.717, 1.165) is 30.6 Å². The maximum Gasteiger partial charge on any atom is 0.282 e. The van der Waals surface area contributed by atoms with Crippen molar-refractivity contribution in [3.05, 3.63) is 29.8 Å². The van der Waals surface area contributed by atoms with Crippen LogP contribution in [0.3, 0.4) is 0 Å². The fourth-order valence-electron chi connectivity index (χ4n) is 2.16. The van der Waals surface area contributed by atoms with Crippen molar-refractivity contribution in [2.45, 2.75) is 38.3 Å². The molecule has 0 radical (unpaired) electrons. The van der Waals surface area contributed by atoms with Crippen molar-refractivity contribution in [3.63, 3.8) is 0 Å². The maximum absolute atomic E-state index is 5.60. The molecule has 0 aliphatic carbocycles. The largest absolute Gasteiger partial charge is 0.497 e. The zero-order valence-corrected chi connectivity index (χ0v) is 15.1. The van der Waals surface area contributed by atoms with Gasteiger partial charge in [0.25, 0.3) is 5.97 Å². The summed E-state index contributed by atoms with van der Waals surface area (Å²) in [6, 6.07) is 7.85. The maximum atomic E-state index is 5.60. The summed E-state index contributed by atoms with van der Waals surface area (Å²) in [4.78, 5) is 0. The third kappa shape index (κ3) is 7.33. The van der Waals surface area contributed by atoms with E-state index in [9.17, 15) is 0 Å². The van der Waals surface area contributed by atoms with Crippen LogP contribution in [0.15, 0.2) is 24.3 Å². The third-order valence-corrected chi connectivity index (χ3v) is 3.64. The standard InChI is InChI=1S/C19H28O5/c1-20-18-12-10-17(11-13-18)16-24-15-9-7-5-6-8-14-19(21-2,22-3)23-4/h10-13H,6,8-9,14-16H2,1-4H3. The fourth-order valence-corrected chi connectivity index (χ4v) is 2.16. The summed E-state index contributed by atoms with van der Waals surface area (Å²) in [7, 11) is 6.36. The SMILES string of the molecule is COc1ccc(COCCC#CCCCC(OC)(OC)OC)cc1. The van der Waals surface area contributed by atoms with E-state index in [2.05, 4.69) is 11.8 Å². The van der Waals surface area contributed by atoms with Crippen molar-refractivity contribution in [3.8, 4) is 17.6 Å². The molecule has 0 bridgehead atoms. The Morgan fingerprint density at radius 1 is 0.875 bits per heavy atom. The van der Waals surface area contributed by atoms with Gasteiger partial charge in [-0.1, -0.05) is 12.1 Å². The van der Waals surface area contributed by atoms with Crippen LogP contribution in [-0.4, -0.2) is 41.0 Å². The molecule has 1 aromatic carbocycles. The van der Waals surface area contributed by atoms with Crippen molar-refractivity contribution >= 4 is 0 Å². The molecule has 5 nitrogen and oxygen atoms in total. The Labute approximate surface area is 145 Å². The molecule has 0 amide bonds. The van der Waals surface area contributed by atoms with Gasteiger partial charge >= 0.3 is 0 Å². The monoisotopic (exact) mass is 336 g/mol. The lowest BCUT2D eigenvalue weighted by atomic mass is 10.2. The minimum absolute atomic E-state index is 0.587. The Kier molecular flexibility index (Phi) is 10.1. The average Bonchev–Trinajstić information content (AvgIpc) is 2.64. The highest BCUT2D eigenvalue weighted by Gasteiger charge is 2.28. The van der Waals surface area contributed by atoms with E-state index >= 15 is 0 Å². The lowest BCUT2D eigenvalue weighted by molar-refractivity contribution is -0.355. The van der Waals surface area contributed by atoms with Crippen LogP contribution < -0.4 is 4.74 Å². The predicted octanol–water partition coefficient (Wildman–Crippen LogP) is 3.37. The van der Waals surface area contributed by atoms with Crippen LogP contribution in [0, 0.1) is 11.8 Å². The van der Waals surface area contributed by atoms with E-state index in [1.807, 2.05) is 24.3 Å². The first-order valence-corrected chi connectivity index (χ1v) is 8.01. The molecule has 0 unspecified atom stereocenters. The van der Waals surface area contributed by atoms with Crippen LogP contribution in [-0.2, 0) is 25.6 Å². The zero-order valence-electron chi connectivity index (χ0n) is 15.1. The van der Waals surface area contributed by atoms with Crippen molar-refractivity contribution in [1.29, 1.82) is 0 Å². The zero-order chi connectivity index (χ0) is 17.7. The summed E-state index contributed by atoms with van der Waals surface area (Å²) >= 11 is 0. The molecule has 1 rings (SSSR count). The molecule has 0 N–H and O–H groups in total. The molecule has 134 valence electrons. The second-order valence-electron chi connectivity index (χ2n) is 5.15. The molecule has 0 aliphatic heterocycles. The van der Waals surface area contributed by atoms with Gasteiger partial charge < -0.3 is 23.7 Å². The van der Waals surface area contributed by atoms with Gasteiger partial charge in [0, 0.05) is 40.6 Å². The molecule has 0 saturated heterocycles. The van der Waals surface area contributed by atoms with Crippen LogP contribution in [0.4, 0.5) is 0 Å². The summed E-state index contributed by atoms with van der Waals surface area (Å²) in [5, 5.41) is 0. The minimum atomic E-state index is -0.955. The number of hydrogen-bond donors (Lipinski definition) is 0. The lowest BCUT2D eigenvalue weighted by Gasteiger charge is -2.28. The molecule has 0 aromatic heterocycles. The van der Waals surface area contributed by atoms with Gasteiger partial charge in [-0.05, 0) is 24.1 Å². The molecule has 0 atom stereocenters. The fraction of sp³-hybridized carbons (Fsp3) is 0.579. The van der Waals surface area contributed by atoms with Crippen LogP contribution in [0.1, 0.15) is 31.2 Å². The molecule has 0 heterocycles. The predicted molar refractivity (Wildman–Crippen MR) is 92.7 cm³/mol. The van der Waals surface area contributed by atoms with Gasteiger partial charge in [0.15, 0.2) is 0 Å². The molecule has 1 aromatic rings. The van der Waals surface area contributed by atoms with Gasteiger partial charge in [-0.15, -0.1) is 11.8 Å². The number of rotatable bonds is 11. The Hall–Kier alpha value is -1.58. The summed E-state index contributed by atoms with van der Waals surface area (Å²) in [5.41, 5.74) is 1.12. The molecule has 5 heteroatoms. The minimum Gasteiger partial charge on any atom is -0.497 e. The molecule has 24 heavy (non-hydrogen) atoms. The summed E-state index contributed by atoms with van der Waals surface area (Å²) in [5.74, 6) is 6.14. The first kappa shape index (κ1) is 20.5. The quantitative estimate of drug-likeness (QED) is 0.352. The molecule has 0 saturated carbocycles. The normalized spacial score (nSPS) is 11.0. The van der Waals surface area contributed by atoms with Crippen LogP contribution >= 0.6 is 0 Å². The topological polar surface area (TPSA) is 46.2 Å². The number of methoxy groups -OCH3 is 4. The molecule has 0 aliphatic rings. The average molecular weight is 336 g/mol. The summed E-state index contributed by atoms with van der Waals surface area (Å²) in [6.45, 7) is 1.21. The van der Waals surface area contributed by atoms with Crippen molar-refractivity contribution in [2.75, 3.05) is 35.0 Å². The summed E-state index contributed by atoms with van der Waals surface area (Å²) in [6.07, 6.45) is 2.98. The highest BCUT2D eigenvalue weighted by Crippen LogP contribution is 2.19. The van der Waals surface area contributed by atoms with E-state index in [0.29, 0.717) is 19.6 Å². The van der Waals surface area contributed by atoms with Gasteiger partial charge in [-0.2, -0.15) is 0 Å². The number of benzene rings is 1. The van der Waals surface area contributed by atoms with Gasteiger partial charge in [-0.3, -0.25) is 0 Å². The van der Waals surface area contributed by atoms with E-state index in [1.165, 1.54) is 0 Å². The van der Waals surface area contributed by atoms with E-state index < -0.39 is 5.97 Å². The smallest absolute Gasteiger partial charge is 0.282 e. The van der Waals surface area contributed by atoms with Gasteiger partial charge in [0.1, 0.15) is 5.75 Å². The van der Waals surface area contributed by atoms with Crippen molar-refractivity contribution in [1.82, 2.24) is 0 Å². The van der Waals surface area contributed by atoms with Crippen molar-refractivity contribution in [2.24, 2.45) is 0 Å². The van der Waals surface area contributed by atoms with Gasteiger partial charge in [0.05, 0.1) is 20.3 Å². The van der Waals surface area contributed by atoms with E-state index in [4.69, 9.17) is 23.7 Å². The molecule has 0 spiro atoms. The summed E-state index contributed by atoms with van der Waals surface area (Å²) < 4.78 is 26.4. The molecular formula is C19H28O5. The first-order chi connectivity index (χ1) is 11.7. The third-order valence-electron chi connectivity index (χ3n) is 3.64. The Bertz CT molecular complexity index is 488. The Morgan fingerprint density at radius 2 is 1.50 bits per heavy atom.